The molecule has 3 atom stereocenters. The highest BCUT2D eigenvalue weighted by atomic mass is 16.5. The van der Waals surface area contributed by atoms with E-state index in [2.05, 4.69) is 36.9 Å². The summed E-state index contributed by atoms with van der Waals surface area (Å²) in [4.78, 5) is 33.2. The number of nitrogens with zero attached hydrogens (tertiary/aromatic N) is 2. The van der Waals surface area contributed by atoms with E-state index >= 15 is 0 Å². The summed E-state index contributed by atoms with van der Waals surface area (Å²) in [6.07, 6.45) is 6.17. The lowest BCUT2D eigenvalue weighted by Gasteiger charge is -2.37. The maximum atomic E-state index is 14.6. The Morgan fingerprint density at radius 1 is 0.849 bits per heavy atom. The number of carbonyl (C=O) groups excluding carboxylic acids is 2. The van der Waals surface area contributed by atoms with Crippen LogP contribution in [-0.4, -0.2) is 87.9 Å². The lowest BCUT2D eigenvalue weighted by Crippen LogP contribution is -2.50. The second-order valence-corrected chi connectivity index (χ2v) is 15.1. The number of hydrogen-bond donors (Lipinski definition) is 0. The molecule has 286 valence electrons. The summed E-state index contributed by atoms with van der Waals surface area (Å²) < 4.78 is 29.5. The summed E-state index contributed by atoms with van der Waals surface area (Å²) in [5, 5.41) is 0. The number of amides is 1. The summed E-state index contributed by atoms with van der Waals surface area (Å²) in [5.41, 5.74) is 6.43. The van der Waals surface area contributed by atoms with Gasteiger partial charge in [-0.3, -0.25) is 9.69 Å². The van der Waals surface area contributed by atoms with Crippen molar-refractivity contribution < 1.29 is 33.3 Å². The van der Waals surface area contributed by atoms with E-state index in [-0.39, 0.29) is 17.8 Å². The maximum Gasteiger partial charge on any atom is 0.329 e. The first-order valence-corrected chi connectivity index (χ1v) is 19.6. The van der Waals surface area contributed by atoms with Crippen molar-refractivity contribution in [3.63, 3.8) is 0 Å². The van der Waals surface area contributed by atoms with E-state index in [9.17, 15) is 9.59 Å². The average molecular weight is 727 g/mol. The zero-order valence-corrected chi connectivity index (χ0v) is 32.4. The van der Waals surface area contributed by atoms with Gasteiger partial charge in [0.15, 0.2) is 11.5 Å². The Labute approximate surface area is 315 Å². The first-order valence-electron chi connectivity index (χ1n) is 19.6. The molecule has 0 aromatic heterocycles. The first kappa shape index (κ1) is 38.6. The highest BCUT2D eigenvalue weighted by Crippen LogP contribution is 2.43. The van der Waals surface area contributed by atoms with Gasteiger partial charge in [0, 0.05) is 26.2 Å². The summed E-state index contributed by atoms with van der Waals surface area (Å²) in [6, 6.07) is 17.8. The fourth-order valence-electron chi connectivity index (χ4n) is 7.78. The van der Waals surface area contributed by atoms with Crippen molar-refractivity contribution in [1.82, 2.24) is 9.80 Å². The molecule has 0 spiro atoms. The van der Waals surface area contributed by atoms with Crippen LogP contribution in [0.2, 0.25) is 0 Å². The Morgan fingerprint density at radius 2 is 1.66 bits per heavy atom. The van der Waals surface area contributed by atoms with Gasteiger partial charge in [-0.05, 0) is 117 Å². The van der Waals surface area contributed by atoms with Gasteiger partial charge in [-0.15, -0.1) is 0 Å². The lowest BCUT2D eigenvalue weighted by atomic mass is 9.88. The number of rotatable bonds is 16. The summed E-state index contributed by atoms with van der Waals surface area (Å²) >= 11 is 0. The van der Waals surface area contributed by atoms with Crippen LogP contribution >= 0.6 is 0 Å². The van der Waals surface area contributed by atoms with E-state index in [1.165, 1.54) is 16.7 Å². The zero-order chi connectivity index (χ0) is 37.3. The second kappa shape index (κ2) is 18.3. The van der Waals surface area contributed by atoms with Gasteiger partial charge in [0.05, 0.1) is 33.4 Å². The minimum absolute atomic E-state index is 0.00693. The third kappa shape index (κ3) is 10.1. The van der Waals surface area contributed by atoms with Crippen molar-refractivity contribution >= 4 is 11.9 Å². The SMILES string of the molecule is COc1cc([C@H](CC2CC2)C(=O)N2CCCC[C@H]2C(=O)OC(CCc2ccc(C)c(C)c2)c2cccc(OCCN3CCOCC3)c2)cc(C)c1OC. The summed E-state index contributed by atoms with van der Waals surface area (Å²) in [7, 11) is 3.26. The minimum atomic E-state index is -0.642. The molecule has 1 amide bonds. The van der Waals surface area contributed by atoms with Crippen LogP contribution in [0.15, 0.2) is 54.6 Å². The van der Waals surface area contributed by atoms with Gasteiger partial charge < -0.3 is 28.6 Å². The monoisotopic (exact) mass is 726 g/mol. The molecule has 3 aliphatic rings. The van der Waals surface area contributed by atoms with Gasteiger partial charge >= 0.3 is 5.97 Å². The second-order valence-electron chi connectivity index (χ2n) is 15.1. The van der Waals surface area contributed by atoms with Gasteiger partial charge in [-0.25, -0.2) is 4.79 Å². The molecule has 3 fully saturated rings. The quantitative estimate of drug-likeness (QED) is 0.140. The molecule has 0 radical (unpaired) electrons. The van der Waals surface area contributed by atoms with E-state index in [0.29, 0.717) is 43.4 Å². The molecule has 6 rings (SSSR count). The molecule has 9 heteroatoms. The topological polar surface area (TPSA) is 86.8 Å². The third-order valence-electron chi connectivity index (χ3n) is 11.2. The number of likely N-dealkylation sites (tertiary alicyclic amines) is 1. The standard InChI is InChI=1S/C44H58N2O7/c1-30-12-13-33(25-31(30)2)16-17-40(35-9-8-10-37(28-35)52-24-21-45-19-22-51-23-20-45)53-44(48)39-11-6-7-18-46(39)43(47)38(27-34-14-15-34)36-26-32(3)42(50-5)41(29-36)49-4/h8-10,12-13,25-26,28-29,34,38-40H,6-7,11,14-24,27H2,1-5H3/t38-,39-,40?/m0/s1. The fourth-order valence-corrected chi connectivity index (χ4v) is 7.78. The molecule has 1 saturated carbocycles. The minimum Gasteiger partial charge on any atom is -0.493 e. The van der Waals surface area contributed by atoms with Gasteiger partial charge in [-0.2, -0.15) is 0 Å². The number of benzene rings is 3. The number of ether oxygens (including phenoxy) is 5. The number of esters is 1. The van der Waals surface area contributed by atoms with Gasteiger partial charge in [0.1, 0.15) is 24.5 Å². The summed E-state index contributed by atoms with van der Waals surface area (Å²) in [6.45, 7) is 11.5. The van der Waals surface area contributed by atoms with Crippen molar-refractivity contribution in [2.24, 2.45) is 5.92 Å². The number of carbonyl (C=O) groups is 2. The molecule has 1 aliphatic carbocycles. The van der Waals surface area contributed by atoms with Gasteiger partial charge in [0.2, 0.25) is 5.91 Å². The van der Waals surface area contributed by atoms with Crippen LogP contribution in [0.3, 0.4) is 0 Å². The molecular formula is C44H58N2O7. The number of piperidine rings is 1. The molecule has 2 heterocycles. The Balaban J connectivity index is 1.22. The number of hydrogen-bond acceptors (Lipinski definition) is 8. The van der Waals surface area contributed by atoms with E-state index in [0.717, 1.165) is 93.8 Å². The number of aryl methyl sites for hydroxylation is 4. The highest BCUT2D eigenvalue weighted by Gasteiger charge is 2.40. The first-order chi connectivity index (χ1) is 25.7. The summed E-state index contributed by atoms with van der Waals surface area (Å²) in [5.74, 6) is 1.83. The van der Waals surface area contributed by atoms with Crippen molar-refractivity contribution in [2.45, 2.75) is 90.2 Å². The van der Waals surface area contributed by atoms with Crippen LogP contribution in [0, 0.1) is 26.7 Å². The predicted octanol–water partition coefficient (Wildman–Crippen LogP) is 7.52. The van der Waals surface area contributed by atoms with Crippen LogP contribution in [0.25, 0.3) is 0 Å². The van der Waals surface area contributed by atoms with E-state index in [1.54, 1.807) is 14.2 Å². The van der Waals surface area contributed by atoms with Gasteiger partial charge in [-0.1, -0.05) is 49.2 Å². The Kier molecular flexibility index (Phi) is 13.3. The zero-order valence-electron chi connectivity index (χ0n) is 32.4. The number of methoxy groups -OCH3 is 2. The molecular weight excluding hydrogens is 668 g/mol. The van der Waals surface area contributed by atoms with Crippen LogP contribution in [0.5, 0.6) is 17.2 Å². The molecule has 2 saturated heterocycles. The average Bonchev–Trinajstić information content (AvgIpc) is 4.01. The number of morpholine rings is 1. The molecule has 53 heavy (non-hydrogen) atoms. The van der Waals surface area contributed by atoms with Crippen LogP contribution in [0.1, 0.15) is 90.3 Å². The van der Waals surface area contributed by atoms with Crippen LogP contribution < -0.4 is 14.2 Å². The molecule has 9 nitrogen and oxygen atoms in total. The fraction of sp³-hybridized carbons (Fsp3) is 0.545. The van der Waals surface area contributed by atoms with Crippen molar-refractivity contribution in [3.05, 3.63) is 88.0 Å². The van der Waals surface area contributed by atoms with E-state index in [1.807, 2.05) is 48.2 Å². The highest BCUT2D eigenvalue weighted by molar-refractivity contribution is 5.89. The lowest BCUT2D eigenvalue weighted by molar-refractivity contribution is -0.162. The smallest absolute Gasteiger partial charge is 0.329 e. The maximum absolute atomic E-state index is 14.6. The molecule has 3 aromatic rings. The normalized spacial score (nSPS) is 19.0. The molecule has 3 aromatic carbocycles. The van der Waals surface area contributed by atoms with Crippen molar-refractivity contribution in [2.75, 3.05) is 60.2 Å². The van der Waals surface area contributed by atoms with Crippen molar-refractivity contribution in [1.29, 1.82) is 0 Å². The molecule has 0 bridgehead atoms. The molecule has 2 aliphatic heterocycles. The third-order valence-corrected chi connectivity index (χ3v) is 11.2. The van der Waals surface area contributed by atoms with E-state index in [4.69, 9.17) is 23.7 Å². The Morgan fingerprint density at radius 3 is 2.40 bits per heavy atom. The van der Waals surface area contributed by atoms with Crippen LogP contribution in [-0.2, 0) is 25.5 Å². The molecule has 0 N–H and O–H groups in total. The van der Waals surface area contributed by atoms with Crippen LogP contribution in [0.4, 0.5) is 0 Å². The Bertz CT molecular complexity index is 1700. The largest absolute Gasteiger partial charge is 0.493 e. The van der Waals surface area contributed by atoms with Crippen molar-refractivity contribution in [3.8, 4) is 17.2 Å². The molecule has 1 unspecified atom stereocenters. The predicted molar refractivity (Wildman–Crippen MR) is 206 cm³/mol. The Hall–Kier alpha value is -4.08. The van der Waals surface area contributed by atoms with E-state index < -0.39 is 12.1 Å². The van der Waals surface area contributed by atoms with Gasteiger partial charge in [0.25, 0.3) is 0 Å².